The number of rotatable bonds is 11. The Morgan fingerprint density at radius 3 is 2.27 bits per heavy atom. The Kier molecular flexibility index (Phi) is 10.1. The molecule has 1 fully saturated rings. The van der Waals surface area contributed by atoms with Crippen LogP contribution in [0.15, 0.2) is 77.7 Å². The topological polar surface area (TPSA) is 86.8 Å². The van der Waals surface area contributed by atoms with Crippen molar-refractivity contribution in [3.8, 4) is 0 Å². The Morgan fingerprint density at radius 1 is 0.951 bits per heavy atom. The smallest absolute Gasteiger partial charge is 0.264 e. The summed E-state index contributed by atoms with van der Waals surface area (Å²) in [5.74, 6) is -0.688. The third-order valence-electron chi connectivity index (χ3n) is 7.51. The van der Waals surface area contributed by atoms with Crippen molar-refractivity contribution >= 4 is 39.1 Å². The predicted molar refractivity (Wildman–Crippen MR) is 163 cm³/mol. The highest BCUT2D eigenvalue weighted by molar-refractivity contribution is 7.92. The van der Waals surface area contributed by atoms with E-state index in [1.807, 2.05) is 45.0 Å². The lowest BCUT2D eigenvalue weighted by atomic mass is 10.1. The number of amides is 2. The molecule has 1 aliphatic carbocycles. The molecule has 4 rings (SSSR count). The van der Waals surface area contributed by atoms with Crippen molar-refractivity contribution in [2.45, 2.75) is 76.4 Å². The lowest BCUT2D eigenvalue weighted by Gasteiger charge is -2.34. The Labute approximate surface area is 248 Å². The maximum atomic E-state index is 14.2. The van der Waals surface area contributed by atoms with Gasteiger partial charge in [-0.3, -0.25) is 13.9 Å². The fourth-order valence-corrected chi connectivity index (χ4v) is 6.88. The van der Waals surface area contributed by atoms with E-state index in [9.17, 15) is 18.0 Å². The van der Waals surface area contributed by atoms with Gasteiger partial charge in [-0.25, -0.2) is 8.42 Å². The van der Waals surface area contributed by atoms with Crippen LogP contribution in [0.3, 0.4) is 0 Å². The molecule has 218 valence electrons. The van der Waals surface area contributed by atoms with Gasteiger partial charge in [0.1, 0.15) is 12.6 Å². The summed E-state index contributed by atoms with van der Waals surface area (Å²) >= 11 is 6.25. The molecule has 1 aliphatic rings. The van der Waals surface area contributed by atoms with Crippen LogP contribution in [0, 0.1) is 13.8 Å². The minimum absolute atomic E-state index is 0.0622. The van der Waals surface area contributed by atoms with Crippen molar-refractivity contribution in [1.82, 2.24) is 10.2 Å². The highest BCUT2D eigenvalue weighted by Crippen LogP contribution is 2.27. The quantitative estimate of drug-likeness (QED) is 0.294. The third-order valence-corrected chi connectivity index (χ3v) is 9.53. The van der Waals surface area contributed by atoms with Crippen molar-refractivity contribution in [2.75, 3.05) is 10.8 Å². The Bertz CT molecular complexity index is 1470. The maximum absolute atomic E-state index is 14.2. The van der Waals surface area contributed by atoms with Crippen molar-refractivity contribution in [3.05, 3.63) is 94.5 Å². The molecule has 9 heteroatoms. The standard InChI is InChI=1S/C32H38ClN3O4S/c1-4-30(32(38)34-27-12-5-6-13-27)35(21-25-10-7-9-24(3)19-25)31(37)22-36(28-14-8-11-26(33)20-28)41(39,40)29-17-15-23(2)16-18-29/h7-11,14-20,27,30H,4-6,12-13,21-22H2,1-3H3,(H,34,38). The van der Waals surface area contributed by atoms with Crippen LogP contribution in [0.25, 0.3) is 0 Å². The van der Waals surface area contributed by atoms with Gasteiger partial charge in [-0.1, -0.05) is 85.0 Å². The molecule has 1 atom stereocenters. The fraction of sp³-hybridized carbons (Fsp3) is 0.375. The molecular formula is C32H38ClN3O4S. The summed E-state index contributed by atoms with van der Waals surface area (Å²) in [6.45, 7) is 5.39. The number of carbonyl (C=O) groups is 2. The maximum Gasteiger partial charge on any atom is 0.264 e. The first-order chi connectivity index (χ1) is 19.6. The van der Waals surface area contributed by atoms with E-state index < -0.39 is 28.5 Å². The average molecular weight is 596 g/mol. The number of carbonyl (C=O) groups excluding carboxylic acids is 2. The van der Waals surface area contributed by atoms with Crippen molar-refractivity contribution in [3.63, 3.8) is 0 Å². The van der Waals surface area contributed by atoms with Crippen LogP contribution < -0.4 is 9.62 Å². The molecule has 41 heavy (non-hydrogen) atoms. The third kappa shape index (κ3) is 7.68. The molecule has 0 saturated heterocycles. The first-order valence-corrected chi connectivity index (χ1v) is 15.9. The molecule has 3 aromatic rings. The molecule has 1 N–H and O–H groups in total. The van der Waals surface area contributed by atoms with Gasteiger partial charge in [0.25, 0.3) is 10.0 Å². The highest BCUT2D eigenvalue weighted by Gasteiger charge is 2.34. The van der Waals surface area contributed by atoms with Crippen LogP contribution in [-0.4, -0.2) is 43.8 Å². The Morgan fingerprint density at radius 2 is 1.63 bits per heavy atom. The molecule has 3 aromatic carbocycles. The summed E-state index contributed by atoms with van der Waals surface area (Å²) in [4.78, 5) is 29.3. The molecule has 1 saturated carbocycles. The molecular weight excluding hydrogens is 558 g/mol. The molecule has 0 bridgehead atoms. The lowest BCUT2D eigenvalue weighted by molar-refractivity contribution is -0.140. The number of hydrogen-bond acceptors (Lipinski definition) is 4. The van der Waals surface area contributed by atoms with Gasteiger partial charge >= 0.3 is 0 Å². The molecule has 0 spiro atoms. The average Bonchev–Trinajstić information content (AvgIpc) is 3.44. The summed E-state index contributed by atoms with van der Waals surface area (Å²) < 4.78 is 29.0. The molecule has 0 radical (unpaired) electrons. The molecule has 0 aromatic heterocycles. The number of aryl methyl sites for hydroxylation is 2. The first kappa shape index (κ1) is 30.6. The predicted octanol–water partition coefficient (Wildman–Crippen LogP) is 6.02. The number of nitrogens with one attached hydrogen (secondary N) is 1. The van der Waals surface area contributed by atoms with Gasteiger partial charge in [0.05, 0.1) is 10.6 Å². The minimum atomic E-state index is -4.14. The lowest BCUT2D eigenvalue weighted by Crippen LogP contribution is -2.53. The highest BCUT2D eigenvalue weighted by atomic mass is 35.5. The summed E-state index contributed by atoms with van der Waals surface area (Å²) in [6.07, 6.45) is 4.37. The largest absolute Gasteiger partial charge is 0.352 e. The van der Waals surface area contributed by atoms with Crippen molar-refractivity contribution in [2.24, 2.45) is 0 Å². The SMILES string of the molecule is CCC(C(=O)NC1CCCC1)N(Cc1cccc(C)c1)C(=O)CN(c1cccc(Cl)c1)S(=O)(=O)c1ccc(C)cc1. The molecule has 0 aliphatic heterocycles. The van der Waals surface area contributed by atoms with Gasteiger partial charge in [-0.05, 0) is 69.0 Å². The summed E-state index contributed by atoms with van der Waals surface area (Å²) in [7, 11) is -4.14. The van der Waals surface area contributed by atoms with E-state index >= 15 is 0 Å². The normalized spacial score (nSPS) is 14.4. The second kappa shape index (κ2) is 13.5. The van der Waals surface area contributed by atoms with E-state index in [2.05, 4.69) is 5.32 Å². The second-order valence-corrected chi connectivity index (χ2v) is 13.0. The van der Waals surface area contributed by atoms with E-state index in [4.69, 9.17) is 11.6 Å². The molecule has 0 heterocycles. The van der Waals surface area contributed by atoms with Gasteiger partial charge in [-0.2, -0.15) is 0 Å². The molecule has 7 nitrogen and oxygen atoms in total. The second-order valence-electron chi connectivity index (χ2n) is 10.7. The van der Waals surface area contributed by atoms with Crippen molar-refractivity contribution < 1.29 is 18.0 Å². The van der Waals surface area contributed by atoms with Gasteiger partial charge in [0.2, 0.25) is 11.8 Å². The van der Waals surface area contributed by atoms with Gasteiger partial charge < -0.3 is 10.2 Å². The van der Waals surface area contributed by atoms with Gasteiger partial charge in [-0.15, -0.1) is 0 Å². The fourth-order valence-electron chi connectivity index (χ4n) is 5.29. The van der Waals surface area contributed by atoms with E-state index in [1.54, 1.807) is 30.3 Å². The number of halogens is 1. The van der Waals surface area contributed by atoms with E-state index in [0.29, 0.717) is 11.4 Å². The van der Waals surface area contributed by atoms with Crippen LogP contribution in [-0.2, 0) is 26.2 Å². The monoisotopic (exact) mass is 595 g/mol. The number of sulfonamides is 1. The number of anilines is 1. The first-order valence-electron chi connectivity index (χ1n) is 14.1. The summed E-state index contributed by atoms with van der Waals surface area (Å²) in [5.41, 5.74) is 3.07. The van der Waals surface area contributed by atoms with Crippen LogP contribution in [0.5, 0.6) is 0 Å². The summed E-state index contributed by atoms with van der Waals surface area (Å²) in [5, 5.41) is 3.48. The number of nitrogens with zero attached hydrogens (tertiary/aromatic N) is 2. The van der Waals surface area contributed by atoms with Crippen LogP contribution in [0.1, 0.15) is 55.7 Å². The van der Waals surface area contributed by atoms with E-state index in [0.717, 1.165) is 46.7 Å². The zero-order chi connectivity index (χ0) is 29.6. The van der Waals surface area contributed by atoms with E-state index in [1.165, 1.54) is 23.1 Å². The molecule has 1 unspecified atom stereocenters. The number of benzene rings is 3. The Balaban J connectivity index is 1.71. The molecule has 2 amide bonds. The zero-order valence-electron chi connectivity index (χ0n) is 23.8. The van der Waals surface area contributed by atoms with Gasteiger partial charge in [0.15, 0.2) is 0 Å². The minimum Gasteiger partial charge on any atom is -0.352 e. The summed E-state index contributed by atoms with van der Waals surface area (Å²) in [6, 6.07) is 20.0. The Hall–Kier alpha value is -3.36. The van der Waals surface area contributed by atoms with Crippen LogP contribution >= 0.6 is 11.6 Å². The van der Waals surface area contributed by atoms with E-state index in [-0.39, 0.29) is 29.1 Å². The zero-order valence-corrected chi connectivity index (χ0v) is 25.4. The van der Waals surface area contributed by atoms with Crippen LogP contribution in [0.2, 0.25) is 5.02 Å². The van der Waals surface area contributed by atoms with Crippen LogP contribution in [0.4, 0.5) is 5.69 Å². The number of hydrogen-bond donors (Lipinski definition) is 1. The van der Waals surface area contributed by atoms with Crippen molar-refractivity contribution in [1.29, 1.82) is 0 Å². The van der Waals surface area contributed by atoms with Gasteiger partial charge in [0, 0.05) is 17.6 Å².